The van der Waals surface area contributed by atoms with E-state index in [-0.39, 0.29) is 26.1 Å². The molecule has 0 aliphatic heterocycles. The molecule has 0 amide bonds. The van der Waals surface area contributed by atoms with Crippen LogP contribution in [0.15, 0.2) is 231 Å². The predicted molar refractivity (Wildman–Crippen MR) is 371 cm³/mol. The van der Waals surface area contributed by atoms with Crippen LogP contribution in [0.2, 0.25) is 0 Å². The Labute approximate surface area is 524 Å². The van der Waals surface area contributed by atoms with Crippen molar-refractivity contribution in [3.8, 4) is 0 Å². The third-order valence-electron chi connectivity index (χ3n) is 12.2. The molecule has 0 aliphatic carbocycles. The van der Waals surface area contributed by atoms with Crippen molar-refractivity contribution in [1.29, 1.82) is 0 Å². The minimum atomic E-state index is -4.43. The largest absolute Gasteiger partial charge is 0.472 e. The van der Waals surface area contributed by atoms with E-state index in [0.29, 0.717) is 30.3 Å². The fourth-order valence-corrected chi connectivity index (χ4v) is 8.08. The van der Waals surface area contributed by atoms with E-state index < -0.39 is 32.5 Å². The average Bonchev–Trinajstić information content (AvgIpc) is 3.56. The summed E-state index contributed by atoms with van der Waals surface area (Å²) in [6.07, 6.45) is 104. The number of phosphoric ester groups is 1. The van der Waals surface area contributed by atoms with E-state index in [1.807, 2.05) is 27.2 Å². The Balaban J connectivity index is 4.35. The summed E-state index contributed by atoms with van der Waals surface area (Å²) in [4.78, 5) is 35.7. The number of nitrogens with zero attached hydrogens (tertiary/aromatic N) is 1. The van der Waals surface area contributed by atoms with Gasteiger partial charge in [-0.25, -0.2) is 4.57 Å². The van der Waals surface area contributed by atoms with Gasteiger partial charge in [-0.3, -0.25) is 18.6 Å². The second-order valence-electron chi connectivity index (χ2n) is 21.3. The molecule has 10 heteroatoms. The molecule has 0 aromatic carbocycles. The fraction of sp³-hybridized carbons (Fsp3) is 0.474. The fourth-order valence-electron chi connectivity index (χ4n) is 7.34. The van der Waals surface area contributed by atoms with Crippen LogP contribution in [0.1, 0.15) is 181 Å². The molecule has 0 saturated carbocycles. The number of phosphoric acid groups is 1. The highest BCUT2D eigenvalue weighted by Crippen LogP contribution is 2.43. The van der Waals surface area contributed by atoms with Crippen LogP contribution in [0.4, 0.5) is 0 Å². The van der Waals surface area contributed by atoms with Crippen molar-refractivity contribution >= 4 is 19.8 Å². The summed E-state index contributed by atoms with van der Waals surface area (Å²) in [6, 6.07) is 0. The number of esters is 2. The van der Waals surface area contributed by atoms with E-state index in [4.69, 9.17) is 18.5 Å². The van der Waals surface area contributed by atoms with Crippen molar-refractivity contribution in [1.82, 2.24) is 0 Å². The molecule has 0 radical (unpaired) electrons. The minimum Gasteiger partial charge on any atom is -0.462 e. The smallest absolute Gasteiger partial charge is 0.462 e. The van der Waals surface area contributed by atoms with Crippen LogP contribution in [0, 0.1) is 0 Å². The van der Waals surface area contributed by atoms with Gasteiger partial charge in [0.05, 0.1) is 27.7 Å². The summed E-state index contributed by atoms with van der Waals surface area (Å²) in [5.41, 5.74) is 0. The van der Waals surface area contributed by atoms with Crippen LogP contribution >= 0.6 is 7.82 Å². The van der Waals surface area contributed by atoms with Crippen LogP contribution in [0.3, 0.4) is 0 Å². The molecule has 0 spiro atoms. The van der Waals surface area contributed by atoms with Crippen molar-refractivity contribution in [3.05, 3.63) is 231 Å². The van der Waals surface area contributed by atoms with Crippen LogP contribution in [-0.4, -0.2) is 74.9 Å². The first-order chi connectivity index (χ1) is 42.0. The van der Waals surface area contributed by atoms with Crippen molar-refractivity contribution in [2.75, 3.05) is 47.5 Å². The minimum absolute atomic E-state index is 0.000557. The van der Waals surface area contributed by atoms with E-state index in [2.05, 4.69) is 239 Å². The van der Waals surface area contributed by atoms with Gasteiger partial charge in [-0.05, 0) is 154 Å². The highest BCUT2D eigenvalue weighted by molar-refractivity contribution is 7.47. The maximum atomic E-state index is 12.8. The zero-order chi connectivity index (χ0) is 62.6. The number of quaternary nitrogens is 1. The number of hydrogen-bond acceptors (Lipinski definition) is 7. The van der Waals surface area contributed by atoms with Gasteiger partial charge in [0.25, 0.3) is 0 Å². The quantitative estimate of drug-likeness (QED) is 0.0211. The molecule has 0 aromatic heterocycles. The average molecular weight is 1200 g/mol. The van der Waals surface area contributed by atoms with E-state index in [9.17, 15) is 19.0 Å². The summed E-state index contributed by atoms with van der Waals surface area (Å²) in [5.74, 6) is -0.943. The molecule has 0 rings (SSSR count). The number of rotatable bonds is 55. The standard InChI is InChI=1S/C76H114NO8P/c1-6-8-10-12-14-16-18-20-22-24-26-28-30-31-32-33-34-35-36-37-38-39-40-41-42-43-44-45-47-49-51-53-55-57-59-61-63-65-67-69-76(79)85-74(73-84-86(80,81)83-71-70-77(3,4)5)72-82-75(78)68-66-64-62-60-58-56-54-52-50-48-46-29-27-25-23-21-19-17-15-13-11-9-7-2/h8-11,14-17,20-23,26-29,31-32,34-35,37-38,40-41,43-44,47-50,53-56,59-62,74H,6-7,12-13,18-19,24-25,30,33,36,39,42,45-46,51-52,57-58,63-73H2,1-5H3/p+1/b10-8-,11-9-,16-14-,17-15-,22-20-,23-21-,28-26-,29-27-,32-31-,35-34-,38-37-,41-40-,44-43-,49-47-,50-48-,55-53-,56-54-,61-59-,62-60-. The Morgan fingerprint density at radius 2 is 0.628 bits per heavy atom. The molecular weight excluding hydrogens is 1090 g/mol. The van der Waals surface area contributed by atoms with Crippen LogP contribution in [0.5, 0.6) is 0 Å². The number of unbranched alkanes of at least 4 members (excludes halogenated alkanes) is 3. The van der Waals surface area contributed by atoms with Crippen molar-refractivity contribution in [3.63, 3.8) is 0 Å². The van der Waals surface area contributed by atoms with Gasteiger partial charge in [0, 0.05) is 12.8 Å². The Hall–Kier alpha value is -5.93. The summed E-state index contributed by atoms with van der Waals surface area (Å²) in [5, 5.41) is 0. The lowest BCUT2D eigenvalue weighted by molar-refractivity contribution is -0.870. The Kier molecular flexibility index (Phi) is 59.2. The first-order valence-electron chi connectivity index (χ1n) is 32.1. The van der Waals surface area contributed by atoms with Crippen molar-refractivity contribution in [2.24, 2.45) is 0 Å². The maximum absolute atomic E-state index is 12.8. The summed E-state index contributed by atoms with van der Waals surface area (Å²) >= 11 is 0. The van der Waals surface area contributed by atoms with Gasteiger partial charge in [0.15, 0.2) is 6.10 Å². The van der Waals surface area contributed by atoms with Gasteiger partial charge in [0.1, 0.15) is 19.8 Å². The Bertz CT molecular complexity index is 2300. The molecule has 1 N–H and O–H groups in total. The first kappa shape index (κ1) is 80.1. The SMILES string of the molecule is CC/C=C\C/C=C\C/C=C\C/C=C\C/C=C\C/C=C\C/C=C\C/C=C\C/C=C\C/C=C\C/C=C\C/C=C\CCCCC(=O)OC(COC(=O)CCC/C=C\C/C=C\C/C=C\C/C=C\C/C=C\C/C=C\C/C=C\CC)COP(=O)(O)OCC[N+](C)(C)C. The van der Waals surface area contributed by atoms with Gasteiger partial charge in [-0.2, -0.15) is 0 Å². The summed E-state index contributed by atoms with van der Waals surface area (Å²) < 4.78 is 34.5. The van der Waals surface area contributed by atoms with Gasteiger partial charge in [-0.1, -0.05) is 245 Å². The molecule has 2 unspecified atom stereocenters. The van der Waals surface area contributed by atoms with Gasteiger partial charge in [0.2, 0.25) is 0 Å². The first-order valence-corrected chi connectivity index (χ1v) is 33.6. The summed E-state index contributed by atoms with van der Waals surface area (Å²) in [7, 11) is 1.38. The monoisotopic (exact) mass is 1200 g/mol. The second-order valence-corrected chi connectivity index (χ2v) is 22.8. The van der Waals surface area contributed by atoms with Gasteiger partial charge >= 0.3 is 19.8 Å². The number of ether oxygens (including phenoxy) is 2. The molecule has 0 aliphatic rings. The predicted octanol–water partition coefficient (Wildman–Crippen LogP) is 21.0. The molecule has 9 nitrogen and oxygen atoms in total. The zero-order valence-corrected chi connectivity index (χ0v) is 54.8. The molecular formula is C76H115NO8P+. The van der Waals surface area contributed by atoms with Crippen LogP contribution in [0.25, 0.3) is 0 Å². The molecule has 0 heterocycles. The van der Waals surface area contributed by atoms with Crippen molar-refractivity contribution < 1.29 is 42.1 Å². The van der Waals surface area contributed by atoms with E-state index in [0.717, 1.165) is 135 Å². The molecule has 0 aromatic rings. The van der Waals surface area contributed by atoms with E-state index >= 15 is 0 Å². The molecule has 0 saturated heterocycles. The molecule has 476 valence electrons. The maximum Gasteiger partial charge on any atom is 0.472 e. The lowest BCUT2D eigenvalue weighted by Gasteiger charge is -2.24. The lowest BCUT2D eigenvalue weighted by atomic mass is 10.2. The third kappa shape index (κ3) is 67.2. The van der Waals surface area contributed by atoms with Gasteiger partial charge < -0.3 is 18.9 Å². The molecule has 0 bridgehead atoms. The number of hydrogen-bond donors (Lipinski definition) is 1. The highest BCUT2D eigenvalue weighted by atomic mass is 31.2. The van der Waals surface area contributed by atoms with Crippen LogP contribution < -0.4 is 0 Å². The normalized spacial score (nSPS) is 14.7. The Morgan fingerprint density at radius 1 is 0.360 bits per heavy atom. The number of likely N-dealkylation sites (N-methyl/N-ethyl adjacent to an activating group) is 1. The van der Waals surface area contributed by atoms with E-state index in [1.165, 1.54) is 0 Å². The van der Waals surface area contributed by atoms with Crippen LogP contribution in [-0.2, 0) is 32.7 Å². The molecule has 86 heavy (non-hydrogen) atoms. The summed E-state index contributed by atoms with van der Waals surface area (Å²) in [6.45, 7) is 4.04. The molecule has 2 atom stereocenters. The number of allylic oxidation sites excluding steroid dienone is 38. The van der Waals surface area contributed by atoms with Gasteiger partial charge in [-0.15, -0.1) is 0 Å². The van der Waals surface area contributed by atoms with Crippen molar-refractivity contribution in [2.45, 2.75) is 187 Å². The topological polar surface area (TPSA) is 108 Å². The number of carbonyl (C=O) groups excluding carboxylic acids is 2. The highest BCUT2D eigenvalue weighted by Gasteiger charge is 2.27. The Morgan fingerprint density at radius 3 is 0.919 bits per heavy atom. The zero-order valence-electron chi connectivity index (χ0n) is 53.9. The second kappa shape index (κ2) is 63.6. The molecule has 0 fully saturated rings. The lowest BCUT2D eigenvalue weighted by Crippen LogP contribution is -2.37. The number of carbonyl (C=O) groups is 2. The third-order valence-corrected chi connectivity index (χ3v) is 13.2. The van der Waals surface area contributed by atoms with E-state index in [1.54, 1.807) is 0 Å².